The van der Waals surface area contributed by atoms with E-state index < -0.39 is 0 Å². The Bertz CT molecular complexity index is 550. The Morgan fingerprint density at radius 3 is 2.75 bits per heavy atom. The van der Waals surface area contributed by atoms with Gasteiger partial charge in [-0.2, -0.15) is 5.10 Å². The lowest BCUT2D eigenvalue weighted by atomic mass is 9.92. The first-order valence-corrected chi connectivity index (χ1v) is 7.18. The number of benzene rings is 1. The van der Waals surface area contributed by atoms with Crippen molar-refractivity contribution in [1.82, 2.24) is 15.1 Å². The van der Waals surface area contributed by atoms with Gasteiger partial charge in [-0.3, -0.25) is 9.89 Å². The first-order valence-electron chi connectivity index (χ1n) is 7.18. The van der Waals surface area contributed by atoms with E-state index in [0.29, 0.717) is 11.6 Å². The monoisotopic (exact) mass is 269 g/mol. The Morgan fingerprint density at radius 1 is 1.15 bits per heavy atom. The van der Waals surface area contributed by atoms with Crippen molar-refractivity contribution in [3.8, 4) is 0 Å². The van der Waals surface area contributed by atoms with Gasteiger partial charge in [-0.15, -0.1) is 0 Å². The van der Waals surface area contributed by atoms with Gasteiger partial charge in [-0.05, 0) is 36.8 Å². The SMILES string of the molecule is O=C(c1ccn[nH]1)N1CCCC(c2ccccc2)CC1. The van der Waals surface area contributed by atoms with Crippen LogP contribution in [0, 0.1) is 0 Å². The third kappa shape index (κ3) is 2.74. The summed E-state index contributed by atoms with van der Waals surface area (Å²) in [7, 11) is 0. The summed E-state index contributed by atoms with van der Waals surface area (Å²) in [5.41, 5.74) is 1.98. The van der Waals surface area contributed by atoms with E-state index in [4.69, 9.17) is 0 Å². The molecule has 1 aromatic carbocycles. The Hall–Kier alpha value is -2.10. The quantitative estimate of drug-likeness (QED) is 0.911. The van der Waals surface area contributed by atoms with Crippen molar-refractivity contribution < 1.29 is 4.79 Å². The van der Waals surface area contributed by atoms with Crippen molar-refractivity contribution >= 4 is 5.91 Å². The molecule has 1 aliphatic rings. The van der Waals surface area contributed by atoms with Crippen LogP contribution in [0.4, 0.5) is 0 Å². The molecule has 1 aliphatic heterocycles. The maximum Gasteiger partial charge on any atom is 0.271 e. The number of amides is 1. The van der Waals surface area contributed by atoms with Crippen LogP contribution in [0.2, 0.25) is 0 Å². The number of hydrogen-bond acceptors (Lipinski definition) is 2. The lowest BCUT2D eigenvalue weighted by Crippen LogP contribution is -2.32. The summed E-state index contributed by atoms with van der Waals surface area (Å²) in [6.45, 7) is 1.65. The van der Waals surface area contributed by atoms with Crippen LogP contribution < -0.4 is 0 Å². The van der Waals surface area contributed by atoms with Gasteiger partial charge in [-0.25, -0.2) is 0 Å². The molecular weight excluding hydrogens is 250 g/mol. The highest BCUT2D eigenvalue weighted by molar-refractivity contribution is 5.92. The lowest BCUT2D eigenvalue weighted by Gasteiger charge is -2.19. The van der Waals surface area contributed by atoms with E-state index >= 15 is 0 Å². The fourth-order valence-corrected chi connectivity index (χ4v) is 2.90. The van der Waals surface area contributed by atoms with Gasteiger partial charge in [0.05, 0.1) is 0 Å². The van der Waals surface area contributed by atoms with Crippen LogP contribution in [-0.2, 0) is 0 Å². The smallest absolute Gasteiger partial charge is 0.271 e. The van der Waals surface area contributed by atoms with Crippen molar-refractivity contribution in [2.24, 2.45) is 0 Å². The van der Waals surface area contributed by atoms with E-state index in [1.807, 2.05) is 11.0 Å². The highest BCUT2D eigenvalue weighted by atomic mass is 16.2. The fourth-order valence-electron chi connectivity index (χ4n) is 2.90. The van der Waals surface area contributed by atoms with Crippen LogP contribution in [0.25, 0.3) is 0 Å². The third-order valence-corrected chi connectivity index (χ3v) is 4.02. The molecule has 1 fully saturated rings. The van der Waals surface area contributed by atoms with Gasteiger partial charge in [-0.1, -0.05) is 30.3 Å². The zero-order valence-corrected chi connectivity index (χ0v) is 11.5. The molecule has 0 saturated carbocycles. The second kappa shape index (κ2) is 5.90. The maximum absolute atomic E-state index is 12.3. The molecule has 1 atom stereocenters. The summed E-state index contributed by atoms with van der Waals surface area (Å²) in [5.74, 6) is 0.631. The molecule has 2 heterocycles. The number of likely N-dealkylation sites (tertiary alicyclic amines) is 1. The Kier molecular flexibility index (Phi) is 3.81. The van der Waals surface area contributed by atoms with Crippen molar-refractivity contribution in [3.05, 3.63) is 53.9 Å². The van der Waals surface area contributed by atoms with Crippen LogP contribution in [-0.4, -0.2) is 34.1 Å². The molecule has 1 N–H and O–H groups in total. The van der Waals surface area contributed by atoms with E-state index in [1.54, 1.807) is 12.3 Å². The zero-order chi connectivity index (χ0) is 13.8. The standard InChI is InChI=1S/C16H19N3O/c20-16(15-8-10-17-18-15)19-11-4-7-14(9-12-19)13-5-2-1-3-6-13/h1-3,5-6,8,10,14H,4,7,9,11-12H2,(H,17,18). The molecule has 4 heteroatoms. The van der Waals surface area contributed by atoms with Gasteiger partial charge in [0, 0.05) is 19.3 Å². The van der Waals surface area contributed by atoms with Gasteiger partial charge in [0.1, 0.15) is 5.69 Å². The predicted molar refractivity (Wildman–Crippen MR) is 77.5 cm³/mol. The van der Waals surface area contributed by atoms with Gasteiger partial charge in [0.2, 0.25) is 0 Å². The van der Waals surface area contributed by atoms with E-state index in [0.717, 1.165) is 32.4 Å². The highest BCUT2D eigenvalue weighted by Gasteiger charge is 2.22. The molecule has 104 valence electrons. The van der Waals surface area contributed by atoms with E-state index in [-0.39, 0.29) is 5.91 Å². The van der Waals surface area contributed by atoms with Gasteiger partial charge >= 0.3 is 0 Å². The minimum Gasteiger partial charge on any atom is -0.337 e. The third-order valence-electron chi connectivity index (χ3n) is 4.02. The van der Waals surface area contributed by atoms with Crippen LogP contribution in [0.15, 0.2) is 42.6 Å². The second-order valence-electron chi connectivity index (χ2n) is 5.30. The number of nitrogens with one attached hydrogen (secondary N) is 1. The first-order chi connectivity index (χ1) is 9.84. The largest absolute Gasteiger partial charge is 0.337 e. The minimum atomic E-state index is 0.0659. The molecule has 0 radical (unpaired) electrons. The number of hydrogen-bond donors (Lipinski definition) is 1. The Morgan fingerprint density at radius 2 is 2.00 bits per heavy atom. The van der Waals surface area contributed by atoms with Crippen LogP contribution in [0.5, 0.6) is 0 Å². The molecule has 4 nitrogen and oxygen atoms in total. The minimum absolute atomic E-state index is 0.0659. The van der Waals surface area contributed by atoms with Gasteiger partial charge in [0.25, 0.3) is 5.91 Å². The molecule has 0 spiro atoms. The molecule has 20 heavy (non-hydrogen) atoms. The van der Waals surface area contributed by atoms with Crippen LogP contribution in [0.1, 0.15) is 41.2 Å². The molecule has 3 rings (SSSR count). The summed E-state index contributed by atoms with van der Waals surface area (Å²) in [6.07, 6.45) is 4.86. The van der Waals surface area contributed by atoms with Crippen LogP contribution >= 0.6 is 0 Å². The number of aromatic nitrogens is 2. The first kappa shape index (κ1) is 12.9. The Labute approximate surface area is 118 Å². The van der Waals surface area contributed by atoms with Crippen molar-refractivity contribution in [2.45, 2.75) is 25.2 Å². The molecule has 1 aromatic heterocycles. The number of carbonyl (C=O) groups is 1. The second-order valence-corrected chi connectivity index (χ2v) is 5.30. The molecule has 1 unspecified atom stereocenters. The van der Waals surface area contributed by atoms with Crippen molar-refractivity contribution in [3.63, 3.8) is 0 Å². The number of H-pyrrole nitrogens is 1. The number of aromatic amines is 1. The maximum atomic E-state index is 12.3. The van der Waals surface area contributed by atoms with Crippen LogP contribution in [0.3, 0.4) is 0 Å². The number of rotatable bonds is 2. The summed E-state index contributed by atoms with van der Waals surface area (Å²) >= 11 is 0. The average molecular weight is 269 g/mol. The summed E-state index contributed by atoms with van der Waals surface area (Å²) < 4.78 is 0. The van der Waals surface area contributed by atoms with E-state index in [2.05, 4.69) is 34.5 Å². The number of carbonyl (C=O) groups excluding carboxylic acids is 1. The predicted octanol–water partition coefficient (Wildman–Crippen LogP) is 2.82. The summed E-state index contributed by atoms with van der Waals surface area (Å²) in [4.78, 5) is 14.3. The zero-order valence-electron chi connectivity index (χ0n) is 11.5. The van der Waals surface area contributed by atoms with Crippen molar-refractivity contribution in [1.29, 1.82) is 0 Å². The van der Waals surface area contributed by atoms with E-state index in [1.165, 1.54) is 5.56 Å². The average Bonchev–Trinajstić information content (AvgIpc) is 2.92. The highest BCUT2D eigenvalue weighted by Crippen LogP contribution is 2.28. The summed E-state index contributed by atoms with van der Waals surface area (Å²) in [5, 5.41) is 6.61. The van der Waals surface area contributed by atoms with Gasteiger partial charge < -0.3 is 4.90 Å². The molecule has 0 aliphatic carbocycles. The lowest BCUT2D eigenvalue weighted by molar-refractivity contribution is 0.0755. The molecule has 0 bridgehead atoms. The normalized spacial score (nSPS) is 19.6. The number of nitrogens with zero attached hydrogens (tertiary/aromatic N) is 2. The molecule has 2 aromatic rings. The van der Waals surface area contributed by atoms with E-state index in [9.17, 15) is 4.79 Å². The summed E-state index contributed by atoms with van der Waals surface area (Å²) in [6, 6.07) is 12.4. The van der Waals surface area contributed by atoms with Gasteiger partial charge in [0.15, 0.2) is 0 Å². The fraction of sp³-hybridized carbons (Fsp3) is 0.375. The molecular formula is C16H19N3O. The Balaban J connectivity index is 1.67. The molecule has 1 amide bonds. The van der Waals surface area contributed by atoms with Crippen molar-refractivity contribution in [2.75, 3.05) is 13.1 Å². The topological polar surface area (TPSA) is 49.0 Å². The molecule has 1 saturated heterocycles.